The number of ether oxygens (including phenoxy) is 1. The summed E-state index contributed by atoms with van der Waals surface area (Å²) in [5.74, 6) is 0.914. The molecule has 0 spiro atoms. The quantitative estimate of drug-likeness (QED) is 0.794. The van der Waals surface area contributed by atoms with E-state index in [1.54, 1.807) is 24.9 Å². The summed E-state index contributed by atoms with van der Waals surface area (Å²) in [4.78, 5) is 9.66. The number of rotatable bonds is 5. The first-order valence-corrected chi connectivity index (χ1v) is 9.63. The lowest BCUT2D eigenvalue weighted by molar-refractivity contribution is 0.405. The van der Waals surface area contributed by atoms with Crippen LogP contribution in [0.15, 0.2) is 46.0 Å². The number of benzene rings is 1. The summed E-state index contributed by atoms with van der Waals surface area (Å²) in [6, 6.07) is 3.90. The van der Waals surface area contributed by atoms with Crippen molar-refractivity contribution in [3.63, 3.8) is 0 Å². The number of hydrogen-bond donors (Lipinski definition) is 2. The number of methoxy groups -OCH3 is 1. The molecule has 1 aliphatic carbocycles. The van der Waals surface area contributed by atoms with Gasteiger partial charge in [-0.3, -0.25) is 0 Å². The van der Waals surface area contributed by atoms with Gasteiger partial charge in [-0.05, 0) is 18.9 Å². The summed E-state index contributed by atoms with van der Waals surface area (Å²) in [6.07, 6.45) is 4.48. The fourth-order valence-corrected chi connectivity index (χ4v) is 4.28. The third kappa shape index (κ3) is 3.39. The van der Waals surface area contributed by atoms with E-state index in [0.29, 0.717) is 29.6 Å². The molecule has 0 saturated carbocycles. The maximum atomic E-state index is 14.3. The molecule has 2 heterocycles. The molecule has 1 aromatic carbocycles. The van der Waals surface area contributed by atoms with Crippen molar-refractivity contribution >= 4 is 40.1 Å². The second kappa shape index (κ2) is 7.42. The van der Waals surface area contributed by atoms with Crippen molar-refractivity contribution in [3.8, 4) is 5.75 Å². The van der Waals surface area contributed by atoms with Gasteiger partial charge in [0.25, 0.3) is 0 Å². The molecule has 4 rings (SSSR count). The second-order valence-corrected chi connectivity index (χ2v) is 7.94. The number of hydrogen-bond acceptors (Lipinski definition) is 6. The van der Waals surface area contributed by atoms with Crippen LogP contribution >= 0.6 is 23.4 Å². The Balaban J connectivity index is 1.72. The molecule has 1 fully saturated rings. The number of aromatic nitrogens is 2. The van der Waals surface area contributed by atoms with Crippen molar-refractivity contribution in [1.29, 1.82) is 0 Å². The van der Waals surface area contributed by atoms with Crippen LogP contribution in [-0.2, 0) is 0 Å². The molecule has 0 amide bonds. The topological polar surface area (TPSA) is 59.1 Å². The van der Waals surface area contributed by atoms with Gasteiger partial charge in [-0.15, -0.1) is 11.8 Å². The Morgan fingerprint density at radius 3 is 2.92 bits per heavy atom. The summed E-state index contributed by atoms with van der Waals surface area (Å²) >= 11 is 7.72. The van der Waals surface area contributed by atoms with Crippen molar-refractivity contribution in [2.24, 2.45) is 0 Å². The molecule has 2 N–H and O–H groups in total. The largest absolute Gasteiger partial charge is 0.496 e. The third-order valence-corrected chi connectivity index (χ3v) is 5.99. The highest BCUT2D eigenvalue weighted by molar-refractivity contribution is 8.00. The number of nitrogens with zero attached hydrogens (tertiary/aromatic N) is 2. The molecule has 2 aromatic rings. The van der Waals surface area contributed by atoms with Crippen LogP contribution in [0.1, 0.15) is 12.8 Å². The third-order valence-electron chi connectivity index (χ3n) is 4.40. The van der Waals surface area contributed by atoms with Gasteiger partial charge in [0.15, 0.2) is 5.83 Å². The fourth-order valence-electron chi connectivity index (χ4n) is 2.86. The first-order valence-electron chi connectivity index (χ1n) is 8.37. The Labute approximate surface area is 160 Å². The van der Waals surface area contributed by atoms with Gasteiger partial charge in [0.1, 0.15) is 17.9 Å². The highest BCUT2D eigenvalue weighted by Crippen LogP contribution is 2.38. The van der Waals surface area contributed by atoms with E-state index in [0.717, 1.165) is 34.6 Å². The summed E-state index contributed by atoms with van der Waals surface area (Å²) in [6.45, 7) is 1.95. The Bertz CT molecular complexity index is 913. The molecule has 26 heavy (non-hydrogen) atoms. The number of allylic oxidation sites excluding steroid dienone is 3. The minimum absolute atomic E-state index is 0.240. The zero-order valence-corrected chi connectivity index (χ0v) is 15.8. The molecule has 0 bridgehead atoms. The maximum Gasteiger partial charge on any atom is 0.160 e. The molecule has 5 nitrogen and oxygen atoms in total. The van der Waals surface area contributed by atoms with E-state index in [1.165, 1.54) is 6.33 Å². The standard InChI is InChI=1S/C18H18ClFN4OS/c1-25-15-6-14-11(5-16(15)26-10-7-21-8-10)18(23-9-22-14)24-13-4-2-3-12(19)17(13)20/h4-6,9-10,21H,2-3,7-8H2,1H3,(H,22,23,24). The van der Waals surface area contributed by atoms with Gasteiger partial charge in [0.2, 0.25) is 0 Å². The van der Waals surface area contributed by atoms with E-state index in [-0.39, 0.29) is 5.03 Å². The van der Waals surface area contributed by atoms with Crippen LogP contribution in [0.25, 0.3) is 10.9 Å². The molecule has 0 unspecified atom stereocenters. The predicted octanol–water partition coefficient (Wildman–Crippen LogP) is 4.21. The molecule has 1 saturated heterocycles. The molecule has 0 radical (unpaired) electrons. The Morgan fingerprint density at radius 1 is 1.35 bits per heavy atom. The maximum absolute atomic E-state index is 14.3. The van der Waals surface area contributed by atoms with E-state index in [4.69, 9.17) is 16.3 Å². The van der Waals surface area contributed by atoms with Gasteiger partial charge in [0, 0.05) is 29.8 Å². The molecule has 1 aromatic heterocycles. The number of anilines is 1. The normalized spacial score (nSPS) is 17.9. The summed E-state index contributed by atoms with van der Waals surface area (Å²) < 4.78 is 19.8. The smallest absolute Gasteiger partial charge is 0.160 e. The lowest BCUT2D eigenvalue weighted by Gasteiger charge is -2.27. The van der Waals surface area contributed by atoms with Crippen LogP contribution in [0.4, 0.5) is 10.2 Å². The molecule has 2 aliphatic rings. The zero-order valence-electron chi connectivity index (χ0n) is 14.2. The van der Waals surface area contributed by atoms with Crippen LogP contribution in [-0.4, -0.2) is 35.4 Å². The van der Waals surface area contributed by atoms with E-state index < -0.39 is 5.83 Å². The van der Waals surface area contributed by atoms with Crippen LogP contribution in [0.5, 0.6) is 5.75 Å². The van der Waals surface area contributed by atoms with Crippen LogP contribution in [0, 0.1) is 0 Å². The molecule has 8 heteroatoms. The lowest BCUT2D eigenvalue weighted by atomic mass is 10.1. The summed E-state index contributed by atoms with van der Waals surface area (Å²) in [5.41, 5.74) is 1.09. The average molecular weight is 393 g/mol. The minimum atomic E-state index is -0.423. The average Bonchev–Trinajstić information content (AvgIpc) is 2.61. The number of nitrogens with one attached hydrogen (secondary N) is 2. The van der Waals surface area contributed by atoms with Crippen LogP contribution in [0.3, 0.4) is 0 Å². The van der Waals surface area contributed by atoms with Gasteiger partial charge in [-0.1, -0.05) is 17.7 Å². The van der Waals surface area contributed by atoms with Gasteiger partial charge >= 0.3 is 0 Å². The molecule has 0 atom stereocenters. The van der Waals surface area contributed by atoms with E-state index in [1.807, 2.05) is 12.1 Å². The monoisotopic (exact) mass is 392 g/mol. The van der Waals surface area contributed by atoms with Crippen LogP contribution < -0.4 is 15.4 Å². The van der Waals surface area contributed by atoms with Crippen molar-refractivity contribution in [3.05, 3.63) is 41.1 Å². The molecule has 1 aliphatic heterocycles. The zero-order chi connectivity index (χ0) is 18.1. The molecular formula is C18H18ClFN4OS. The Morgan fingerprint density at radius 2 is 2.19 bits per heavy atom. The minimum Gasteiger partial charge on any atom is -0.496 e. The SMILES string of the molecule is COc1cc2ncnc(NC3=CCCC(Cl)=C3F)c2cc1SC1CNC1. The van der Waals surface area contributed by atoms with Gasteiger partial charge < -0.3 is 15.4 Å². The predicted molar refractivity (Wildman–Crippen MR) is 104 cm³/mol. The first kappa shape index (κ1) is 17.6. The van der Waals surface area contributed by atoms with Gasteiger partial charge in [-0.25, -0.2) is 14.4 Å². The second-order valence-electron chi connectivity index (χ2n) is 6.14. The van der Waals surface area contributed by atoms with E-state index >= 15 is 0 Å². The molecule has 136 valence electrons. The highest BCUT2D eigenvalue weighted by Gasteiger charge is 2.21. The van der Waals surface area contributed by atoms with Gasteiger partial charge in [-0.2, -0.15) is 0 Å². The lowest BCUT2D eigenvalue weighted by Crippen LogP contribution is -2.44. The van der Waals surface area contributed by atoms with Gasteiger partial charge in [0.05, 0.1) is 28.3 Å². The number of thioether (sulfide) groups is 1. The number of halogens is 2. The molecular weight excluding hydrogens is 375 g/mol. The van der Waals surface area contributed by atoms with Crippen molar-refractivity contribution < 1.29 is 9.13 Å². The summed E-state index contributed by atoms with van der Waals surface area (Å²) in [7, 11) is 1.65. The number of fused-ring (bicyclic) bond motifs is 1. The van der Waals surface area contributed by atoms with Crippen molar-refractivity contribution in [2.45, 2.75) is 23.0 Å². The van der Waals surface area contributed by atoms with Crippen LogP contribution in [0.2, 0.25) is 0 Å². The van der Waals surface area contributed by atoms with E-state index in [2.05, 4.69) is 20.6 Å². The Kier molecular flexibility index (Phi) is 5.02. The Hall–Kier alpha value is -1.83. The van der Waals surface area contributed by atoms with Crippen molar-refractivity contribution in [2.75, 3.05) is 25.5 Å². The summed E-state index contributed by atoms with van der Waals surface area (Å²) in [5, 5.41) is 7.92. The first-order chi connectivity index (χ1) is 12.7. The van der Waals surface area contributed by atoms with Crippen molar-refractivity contribution in [1.82, 2.24) is 15.3 Å². The fraction of sp³-hybridized carbons (Fsp3) is 0.333. The highest BCUT2D eigenvalue weighted by atomic mass is 35.5. The van der Waals surface area contributed by atoms with E-state index in [9.17, 15) is 4.39 Å².